The molecule has 4 rings (SSSR count). The molecule has 1 atom stereocenters. The van der Waals surface area contributed by atoms with E-state index in [1.165, 1.54) is 6.07 Å². The minimum atomic E-state index is -0.303. The third-order valence-electron chi connectivity index (χ3n) is 4.50. The Kier molecular flexibility index (Phi) is 3.80. The molecule has 0 saturated heterocycles. The Balaban J connectivity index is 1.90. The van der Waals surface area contributed by atoms with Crippen LogP contribution < -0.4 is 15.6 Å². The molecule has 0 spiro atoms. The number of nitrogens with one attached hydrogen (secondary N) is 2. The molecule has 2 aromatic heterocycles. The third kappa shape index (κ3) is 2.55. The van der Waals surface area contributed by atoms with E-state index in [4.69, 9.17) is 4.74 Å². The maximum Gasteiger partial charge on any atom is 0.264 e. The van der Waals surface area contributed by atoms with Gasteiger partial charge in [-0.05, 0) is 19.1 Å². The predicted molar refractivity (Wildman–Crippen MR) is 94.8 cm³/mol. The van der Waals surface area contributed by atoms with Gasteiger partial charge in [0.2, 0.25) is 5.91 Å². The molecule has 1 aliphatic rings. The number of methoxy groups -OCH3 is 1. The van der Waals surface area contributed by atoms with Gasteiger partial charge >= 0.3 is 0 Å². The standard InChI is InChI=1S/C18H17N5O3/c1-10-17-12(11-5-3-4-6-13(11)26-2)9-16(25)19-18(17)23(22-10)14-7-8-15(24)21-20-14/h3-8,12H,9H2,1-2H3,(H,19,25)(H,21,24)/t12-/m0/s1. The minimum Gasteiger partial charge on any atom is -0.496 e. The summed E-state index contributed by atoms with van der Waals surface area (Å²) in [5.74, 6) is 1.43. The molecule has 1 amide bonds. The number of carbonyl (C=O) groups excluding carboxylic acids is 1. The van der Waals surface area contributed by atoms with E-state index in [9.17, 15) is 9.59 Å². The van der Waals surface area contributed by atoms with Crippen LogP contribution >= 0.6 is 0 Å². The Bertz CT molecular complexity index is 1030. The zero-order valence-electron chi connectivity index (χ0n) is 14.3. The fourth-order valence-corrected chi connectivity index (χ4v) is 3.39. The quantitative estimate of drug-likeness (QED) is 0.748. The van der Waals surface area contributed by atoms with Crippen LogP contribution in [0.3, 0.4) is 0 Å². The lowest BCUT2D eigenvalue weighted by Crippen LogP contribution is -2.25. The second-order valence-corrected chi connectivity index (χ2v) is 6.09. The first-order valence-corrected chi connectivity index (χ1v) is 8.17. The SMILES string of the molecule is COc1ccccc1[C@@H]1CC(=O)Nc2c1c(C)nn2-c1ccc(=O)[nH]n1. The van der Waals surface area contributed by atoms with Crippen molar-refractivity contribution in [2.75, 3.05) is 12.4 Å². The molecule has 1 aromatic carbocycles. The van der Waals surface area contributed by atoms with E-state index in [-0.39, 0.29) is 17.4 Å². The molecule has 1 aliphatic heterocycles. The molecule has 0 bridgehead atoms. The Morgan fingerprint density at radius 3 is 2.73 bits per heavy atom. The van der Waals surface area contributed by atoms with Crippen molar-refractivity contribution in [1.82, 2.24) is 20.0 Å². The van der Waals surface area contributed by atoms with Crippen LogP contribution in [0.1, 0.15) is 29.2 Å². The van der Waals surface area contributed by atoms with E-state index in [2.05, 4.69) is 20.6 Å². The number of ether oxygens (including phenoxy) is 1. The zero-order valence-corrected chi connectivity index (χ0v) is 14.3. The van der Waals surface area contributed by atoms with Crippen LogP contribution in [0.2, 0.25) is 0 Å². The first-order valence-electron chi connectivity index (χ1n) is 8.17. The molecular formula is C18H17N5O3. The lowest BCUT2D eigenvalue weighted by atomic mass is 9.85. The largest absolute Gasteiger partial charge is 0.496 e. The molecule has 132 valence electrons. The van der Waals surface area contributed by atoms with Crippen LogP contribution in [-0.2, 0) is 4.79 Å². The number of fused-ring (bicyclic) bond motifs is 1. The number of benzene rings is 1. The number of H-pyrrole nitrogens is 1. The maximum atomic E-state index is 12.4. The van der Waals surface area contributed by atoms with Gasteiger partial charge in [0.25, 0.3) is 5.56 Å². The Morgan fingerprint density at radius 1 is 1.19 bits per heavy atom. The van der Waals surface area contributed by atoms with E-state index in [0.29, 0.717) is 18.1 Å². The van der Waals surface area contributed by atoms with E-state index in [1.807, 2.05) is 31.2 Å². The number of rotatable bonds is 3. The highest BCUT2D eigenvalue weighted by Gasteiger charge is 2.34. The maximum absolute atomic E-state index is 12.4. The summed E-state index contributed by atoms with van der Waals surface area (Å²) in [6.45, 7) is 1.89. The molecule has 0 radical (unpaired) electrons. The molecule has 0 aliphatic carbocycles. The Morgan fingerprint density at radius 2 is 2.00 bits per heavy atom. The number of hydrogen-bond donors (Lipinski definition) is 2. The fraction of sp³-hybridized carbons (Fsp3) is 0.222. The lowest BCUT2D eigenvalue weighted by molar-refractivity contribution is -0.116. The lowest BCUT2D eigenvalue weighted by Gasteiger charge is -2.25. The topological polar surface area (TPSA) is 102 Å². The van der Waals surface area contributed by atoms with Crippen molar-refractivity contribution >= 4 is 11.7 Å². The summed E-state index contributed by atoms with van der Waals surface area (Å²) >= 11 is 0. The van der Waals surface area contributed by atoms with Crippen molar-refractivity contribution in [3.8, 4) is 11.6 Å². The molecular weight excluding hydrogens is 334 g/mol. The fourth-order valence-electron chi connectivity index (χ4n) is 3.39. The second kappa shape index (κ2) is 6.14. The summed E-state index contributed by atoms with van der Waals surface area (Å²) in [4.78, 5) is 23.7. The van der Waals surface area contributed by atoms with Gasteiger partial charge in [-0.2, -0.15) is 14.9 Å². The number of amides is 1. The van der Waals surface area contributed by atoms with E-state index >= 15 is 0 Å². The molecule has 3 heterocycles. The van der Waals surface area contributed by atoms with Crippen molar-refractivity contribution in [3.05, 3.63) is 63.6 Å². The van der Waals surface area contributed by atoms with Gasteiger partial charge < -0.3 is 10.1 Å². The summed E-state index contributed by atoms with van der Waals surface area (Å²) in [7, 11) is 1.61. The first kappa shape index (κ1) is 16.1. The smallest absolute Gasteiger partial charge is 0.264 e. The average Bonchev–Trinajstić information content (AvgIpc) is 2.98. The van der Waals surface area contributed by atoms with Crippen molar-refractivity contribution in [2.45, 2.75) is 19.3 Å². The number of anilines is 1. The van der Waals surface area contributed by atoms with Crippen molar-refractivity contribution in [1.29, 1.82) is 0 Å². The third-order valence-corrected chi connectivity index (χ3v) is 4.50. The van der Waals surface area contributed by atoms with Gasteiger partial charge in [0.1, 0.15) is 11.6 Å². The van der Waals surface area contributed by atoms with Gasteiger partial charge in [0, 0.05) is 29.5 Å². The summed E-state index contributed by atoms with van der Waals surface area (Å²) in [6, 6.07) is 10.6. The minimum absolute atomic E-state index is 0.112. The molecule has 0 saturated carbocycles. The molecule has 26 heavy (non-hydrogen) atoms. The highest BCUT2D eigenvalue weighted by Crippen LogP contribution is 2.42. The van der Waals surface area contributed by atoms with Gasteiger partial charge in [-0.25, -0.2) is 5.10 Å². The molecule has 8 nitrogen and oxygen atoms in total. The highest BCUT2D eigenvalue weighted by molar-refractivity contribution is 5.95. The van der Waals surface area contributed by atoms with E-state index < -0.39 is 0 Å². The number of nitrogens with zero attached hydrogens (tertiary/aromatic N) is 3. The average molecular weight is 351 g/mol. The van der Waals surface area contributed by atoms with Crippen LogP contribution in [0.15, 0.2) is 41.2 Å². The zero-order chi connectivity index (χ0) is 18.3. The number of hydrogen-bond acceptors (Lipinski definition) is 5. The molecule has 0 fully saturated rings. The monoisotopic (exact) mass is 351 g/mol. The van der Waals surface area contributed by atoms with E-state index in [0.717, 1.165) is 22.6 Å². The number of aryl methyl sites for hydroxylation is 1. The van der Waals surface area contributed by atoms with Crippen LogP contribution in [0.5, 0.6) is 5.75 Å². The number of aromatic nitrogens is 4. The summed E-state index contributed by atoms with van der Waals surface area (Å²) < 4.78 is 7.02. The van der Waals surface area contributed by atoms with Gasteiger partial charge in [0.05, 0.1) is 12.8 Å². The van der Waals surface area contributed by atoms with Gasteiger partial charge in [0.15, 0.2) is 5.82 Å². The van der Waals surface area contributed by atoms with Gasteiger partial charge in [-0.3, -0.25) is 9.59 Å². The Hall–Kier alpha value is -3.42. The molecule has 0 unspecified atom stereocenters. The first-order chi connectivity index (χ1) is 12.6. The summed E-state index contributed by atoms with van der Waals surface area (Å²) in [6.07, 6.45) is 0.305. The van der Waals surface area contributed by atoms with Crippen LogP contribution in [0.25, 0.3) is 5.82 Å². The second-order valence-electron chi connectivity index (χ2n) is 6.09. The Labute approximate surface area is 148 Å². The number of para-hydroxylation sites is 1. The summed E-state index contributed by atoms with van der Waals surface area (Å²) in [5.41, 5.74) is 2.33. The van der Waals surface area contributed by atoms with Gasteiger partial charge in [-0.15, -0.1) is 0 Å². The summed E-state index contributed by atoms with van der Waals surface area (Å²) in [5, 5.41) is 13.8. The number of aromatic amines is 1. The van der Waals surface area contributed by atoms with E-state index in [1.54, 1.807) is 17.9 Å². The van der Waals surface area contributed by atoms with Crippen molar-refractivity contribution in [3.63, 3.8) is 0 Å². The van der Waals surface area contributed by atoms with Crippen LogP contribution in [0, 0.1) is 6.92 Å². The predicted octanol–water partition coefficient (Wildman–Crippen LogP) is 1.75. The molecule has 2 N–H and O–H groups in total. The van der Waals surface area contributed by atoms with Crippen molar-refractivity contribution < 1.29 is 9.53 Å². The number of carbonyl (C=O) groups is 1. The van der Waals surface area contributed by atoms with Gasteiger partial charge in [-0.1, -0.05) is 18.2 Å². The van der Waals surface area contributed by atoms with Crippen LogP contribution in [0.4, 0.5) is 5.82 Å². The highest BCUT2D eigenvalue weighted by atomic mass is 16.5. The molecule has 3 aromatic rings. The normalized spacial score (nSPS) is 16.1. The van der Waals surface area contributed by atoms with Crippen molar-refractivity contribution in [2.24, 2.45) is 0 Å². The van der Waals surface area contributed by atoms with Crippen LogP contribution in [-0.4, -0.2) is 33.0 Å². The molecule has 8 heteroatoms.